The molecule has 1 fully saturated rings. The second kappa shape index (κ2) is 8.59. The van der Waals surface area contributed by atoms with E-state index in [4.69, 9.17) is 10.3 Å². The molecule has 0 radical (unpaired) electrons. The molecule has 1 aliphatic rings. The number of aromatic nitrogens is 2. The topological polar surface area (TPSA) is 118 Å². The molecule has 0 unspecified atom stereocenters. The molecule has 0 bridgehead atoms. The Balaban J connectivity index is 1.44. The Morgan fingerprint density at radius 1 is 1.30 bits per heavy atom. The summed E-state index contributed by atoms with van der Waals surface area (Å²) in [6.45, 7) is 8.13. The van der Waals surface area contributed by atoms with Crippen LogP contribution in [0.25, 0.3) is 0 Å². The van der Waals surface area contributed by atoms with Gasteiger partial charge in [0.25, 0.3) is 5.91 Å². The Morgan fingerprint density at radius 3 is 2.63 bits per heavy atom. The van der Waals surface area contributed by atoms with Crippen molar-refractivity contribution in [3.8, 4) is 0 Å². The summed E-state index contributed by atoms with van der Waals surface area (Å²) >= 11 is 1.29. The minimum atomic E-state index is -0.540. The predicted octanol–water partition coefficient (Wildman–Crippen LogP) is 1.11. The fraction of sp³-hybridized carbons (Fsp3) is 0.529. The summed E-state index contributed by atoms with van der Waals surface area (Å²) in [4.78, 5) is 32.3. The van der Waals surface area contributed by atoms with Gasteiger partial charge < -0.3 is 15.6 Å². The molecule has 0 aromatic carbocycles. The van der Waals surface area contributed by atoms with Crippen molar-refractivity contribution in [1.82, 2.24) is 19.9 Å². The van der Waals surface area contributed by atoms with Crippen LogP contribution < -0.4 is 11.1 Å². The Morgan fingerprint density at radius 2 is 2.00 bits per heavy atom. The van der Waals surface area contributed by atoms with E-state index in [1.165, 1.54) is 11.3 Å². The van der Waals surface area contributed by atoms with Gasteiger partial charge in [-0.3, -0.25) is 19.4 Å². The highest BCUT2D eigenvalue weighted by Crippen LogP contribution is 2.22. The Hall–Kier alpha value is -2.30. The zero-order chi connectivity index (χ0) is 19.4. The number of nitrogens with zero attached hydrogens (tertiary/aromatic N) is 4. The molecule has 0 spiro atoms. The van der Waals surface area contributed by atoms with Crippen LogP contribution in [0, 0.1) is 0 Å². The number of thiophene rings is 1. The Bertz CT molecular complexity index is 794. The quantitative estimate of drug-likeness (QED) is 0.725. The van der Waals surface area contributed by atoms with Crippen LogP contribution in [0.1, 0.15) is 41.8 Å². The minimum Gasteiger partial charge on any atom is -0.366 e. The molecule has 1 aliphatic heterocycles. The van der Waals surface area contributed by atoms with Crippen molar-refractivity contribution >= 4 is 28.2 Å². The molecule has 1 saturated heterocycles. The number of nitrogens with two attached hydrogens (primary N) is 1. The average molecular weight is 392 g/mol. The normalized spacial score (nSPS) is 16.0. The molecule has 3 heterocycles. The molecule has 2 aromatic rings. The number of nitrogens with one attached hydrogen (secondary N) is 1. The lowest BCUT2D eigenvalue weighted by Gasteiger charge is -2.33. The van der Waals surface area contributed by atoms with Crippen LogP contribution >= 0.6 is 11.3 Å². The highest BCUT2D eigenvalue weighted by atomic mass is 32.1. The van der Waals surface area contributed by atoms with Crippen LogP contribution in [-0.2, 0) is 11.3 Å². The number of anilines is 1. The van der Waals surface area contributed by atoms with E-state index < -0.39 is 5.91 Å². The van der Waals surface area contributed by atoms with E-state index in [0.717, 1.165) is 32.0 Å². The van der Waals surface area contributed by atoms with Gasteiger partial charge in [-0.05, 0) is 11.4 Å². The maximum absolute atomic E-state index is 12.2. The third-order valence-electron chi connectivity index (χ3n) is 4.37. The van der Waals surface area contributed by atoms with E-state index >= 15 is 0 Å². The van der Waals surface area contributed by atoms with Gasteiger partial charge in [0.2, 0.25) is 11.8 Å². The third kappa shape index (κ3) is 5.12. The summed E-state index contributed by atoms with van der Waals surface area (Å²) in [5.41, 5.74) is 5.64. The van der Waals surface area contributed by atoms with E-state index in [2.05, 4.69) is 25.3 Å². The molecule has 9 nitrogen and oxygen atoms in total. The molecule has 146 valence electrons. The SMILES string of the molecule is CC(C)c1noc(CN2CCN(CC(=O)Nc3sccc3C(N)=O)CC2)n1. The standard InChI is InChI=1S/C17H24N6O3S/c1-11(2)16-20-14(26-21-16)10-23-6-4-22(5-7-23)9-13(24)19-17-12(15(18)25)3-8-27-17/h3,8,11H,4-7,9-10H2,1-2H3,(H2,18,25)(H,19,24). The van der Waals surface area contributed by atoms with Crippen LogP contribution in [0.3, 0.4) is 0 Å². The van der Waals surface area contributed by atoms with Gasteiger partial charge in [0.05, 0.1) is 18.7 Å². The molecule has 2 amide bonds. The van der Waals surface area contributed by atoms with E-state index in [9.17, 15) is 9.59 Å². The molecule has 3 N–H and O–H groups in total. The number of hydrogen-bond donors (Lipinski definition) is 2. The Labute approximate surface area is 161 Å². The van der Waals surface area contributed by atoms with Crippen molar-refractivity contribution in [3.63, 3.8) is 0 Å². The first-order chi connectivity index (χ1) is 12.9. The molecule has 27 heavy (non-hydrogen) atoms. The molecule has 10 heteroatoms. The number of carbonyl (C=O) groups is 2. The maximum atomic E-state index is 12.2. The van der Waals surface area contributed by atoms with Gasteiger partial charge in [0.15, 0.2) is 5.82 Å². The number of piperazine rings is 1. The molecule has 0 saturated carbocycles. The number of hydrogen-bond acceptors (Lipinski definition) is 8. The highest BCUT2D eigenvalue weighted by Gasteiger charge is 2.22. The molecule has 2 aromatic heterocycles. The van der Waals surface area contributed by atoms with Crippen molar-refractivity contribution in [2.45, 2.75) is 26.3 Å². The van der Waals surface area contributed by atoms with E-state index in [1.807, 2.05) is 13.8 Å². The van der Waals surface area contributed by atoms with Gasteiger partial charge in [-0.15, -0.1) is 11.3 Å². The summed E-state index contributed by atoms with van der Waals surface area (Å²) in [5.74, 6) is 0.913. The van der Waals surface area contributed by atoms with E-state index in [1.54, 1.807) is 11.4 Å². The number of primary amides is 1. The molecule has 0 atom stereocenters. The van der Waals surface area contributed by atoms with Crippen LogP contribution in [-0.4, -0.2) is 64.5 Å². The lowest BCUT2D eigenvalue weighted by atomic mass is 10.2. The summed E-state index contributed by atoms with van der Waals surface area (Å²) < 4.78 is 5.29. The predicted molar refractivity (Wildman–Crippen MR) is 102 cm³/mol. The van der Waals surface area contributed by atoms with Crippen molar-refractivity contribution in [2.75, 3.05) is 38.0 Å². The fourth-order valence-corrected chi connectivity index (χ4v) is 3.64. The zero-order valence-corrected chi connectivity index (χ0v) is 16.3. The summed E-state index contributed by atoms with van der Waals surface area (Å²) in [6.07, 6.45) is 0. The largest absolute Gasteiger partial charge is 0.366 e. The van der Waals surface area contributed by atoms with Gasteiger partial charge in [-0.2, -0.15) is 4.98 Å². The third-order valence-corrected chi connectivity index (χ3v) is 5.20. The van der Waals surface area contributed by atoms with Crippen molar-refractivity contribution < 1.29 is 14.1 Å². The van der Waals surface area contributed by atoms with Crippen molar-refractivity contribution in [2.24, 2.45) is 5.73 Å². The summed E-state index contributed by atoms with van der Waals surface area (Å²) in [5, 5.41) is 8.99. The minimum absolute atomic E-state index is 0.146. The summed E-state index contributed by atoms with van der Waals surface area (Å²) in [7, 11) is 0. The average Bonchev–Trinajstić information content (AvgIpc) is 3.26. The first-order valence-electron chi connectivity index (χ1n) is 8.86. The molecule has 0 aliphatic carbocycles. The lowest BCUT2D eigenvalue weighted by Crippen LogP contribution is -2.48. The Kier molecular flexibility index (Phi) is 6.19. The molecular weight excluding hydrogens is 368 g/mol. The number of amides is 2. The second-order valence-corrected chi connectivity index (χ2v) is 7.75. The van der Waals surface area contributed by atoms with Crippen LogP contribution in [0.2, 0.25) is 0 Å². The monoisotopic (exact) mass is 392 g/mol. The van der Waals surface area contributed by atoms with Crippen molar-refractivity contribution in [3.05, 3.63) is 28.7 Å². The van der Waals surface area contributed by atoms with E-state index in [0.29, 0.717) is 23.0 Å². The van der Waals surface area contributed by atoms with Gasteiger partial charge in [0.1, 0.15) is 5.00 Å². The van der Waals surface area contributed by atoms with Gasteiger partial charge in [0, 0.05) is 32.1 Å². The number of carbonyl (C=O) groups excluding carboxylic acids is 2. The van der Waals surface area contributed by atoms with Gasteiger partial charge in [-0.25, -0.2) is 0 Å². The summed E-state index contributed by atoms with van der Waals surface area (Å²) in [6, 6.07) is 1.61. The molecular formula is C17H24N6O3S. The highest BCUT2D eigenvalue weighted by molar-refractivity contribution is 7.14. The van der Waals surface area contributed by atoms with Gasteiger partial charge in [-0.1, -0.05) is 19.0 Å². The van der Waals surface area contributed by atoms with Crippen LogP contribution in [0.5, 0.6) is 0 Å². The number of rotatable bonds is 7. The first-order valence-corrected chi connectivity index (χ1v) is 9.74. The molecule has 3 rings (SSSR count). The smallest absolute Gasteiger partial charge is 0.251 e. The zero-order valence-electron chi connectivity index (χ0n) is 15.5. The second-order valence-electron chi connectivity index (χ2n) is 6.83. The first kappa shape index (κ1) is 19.5. The van der Waals surface area contributed by atoms with Gasteiger partial charge >= 0.3 is 0 Å². The van der Waals surface area contributed by atoms with Crippen molar-refractivity contribution in [1.29, 1.82) is 0 Å². The fourth-order valence-electron chi connectivity index (χ4n) is 2.83. The van der Waals surface area contributed by atoms with Crippen LogP contribution in [0.4, 0.5) is 5.00 Å². The van der Waals surface area contributed by atoms with E-state index in [-0.39, 0.29) is 18.4 Å². The van der Waals surface area contributed by atoms with Crippen LogP contribution in [0.15, 0.2) is 16.0 Å². The maximum Gasteiger partial charge on any atom is 0.251 e. The lowest BCUT2D eigenvalue weighted by molar-refractivity contribution is -0.117.